The molecule has 1 heterocycles. The first-order valence-electron chi connectivity index (χ1n) is 6.17. The summed E-state index contributed by atoms with van der Waals surface area (Å²) in [6.45, 7) is 0.982. The van der Waals surface area contributed by atoms with E-state index < -0.39 is 11.6 Å². The van der Waals surface area contributed by atoms with Gasteiger partial charge in [0.2, 0.25) is 0 Å². The van der Waals surface area contributed by atoms with E-state index in [0.29, 0.717) is 19.0 Å². The third kappa shape index (κ3) is 3.76. The van der Waals surface area contributed by atoms with Crippen LogP contribution in [0.4, 0.5) is 31.8 Å². The molecule has 4 N–H and O–H groups in total. The topological polar surface area (TPSA) is 85.1 Å². The second kappa shape index (κ2) is 6.80. The van der Waals surface area contributed by atoms with Crippen LogP contribution in [0.25, 0.3) is 0 Å². The van der Waals surface area contributed by atoms with Crippen LogP contribution in [0.1, 0.15) is 0 Å². The Labute approximate surface area is 120 Å². The monoisotopic (exact) mass is 295 g/mol. The van der Waals surface area contributed by atoms with Crippen LogP contribution in [0.2, 0.25) is 0 Å². The first-order chi connectivity index (χ1) is 10.1. The highest BCUT2D eigenvalue weighted by molar-refractivity contribution is 5.77. The van der Waals surface area contributed by atoms with Crippen molar-refractivity contribution in [3.05, 3.63) is 36.2 Å². The van der Waals surface area contributed by atoms with Crippen LogP contribution in [-0.2, 0) is 4.74 Å². The van der Waals surface area contributed by atoms with Gasteiger partial charge in [0.05, 0.1) is 12.3 Å². The van der Waals surface area contributed by atoms with Crippen molar-refractivity contribution in [2.24, 2.45) is 0 Å². The van der Waals surface area contributed by atoms with Gasteiger partial charge in [-0.05, 0) is 12.1 Å². The van der Waals surface area contributed by atoms with Gasteiger partial charge < -0.3 is 21.1 Å². The first-order valence-corrected chi connectivity index (χ1v) is 6.17. The number of aromatic nitrogens is 2. The summed E-state index contributed by atoms with van der Waals surface area (Å²) < 4.78 is 31.6. The second-order valence-electron chi connectivity index (χ2n) is 4.15. The molecule has 1 aromatic carbocycles. The lowest BCUT2D eigenvalue weighted by Gasteiger charge is -2.12. The summed E-state index contributed by atoms with van der Waals surface area (Å²) in [5, 5.41) is 5.61. The molecule has 0 aliphatic carbocycles. The maximum atomic E-state index is 13.6. The predicted octanol–water partition coefficient (Wildman–Crippen LogP) is 2.14. The van der Waals surface area contributed by atoms with Gasteiger partial charge in [0, 0.05) is 19.7 Å². The molecule has 0 radical (unpaired) electrons. The SMILES string of the molecule is COCCNc1ncnc(Nc2cc(F)ccc2F)c1N. The molecule has 1 aromatic heterocycles. The van der Waals surface area contributed by atoms with Crippen LogP contribution in [0.5, 0.6) is 0 Å². The number of ether oxygens (including phenoxy) is 1. The van der Waals surface area contributed by atoms with E-state index in [2.05, 4.69) is 20.6 Å². The average Bonchev–Trinajstić information content (AvgIpc) is 2.47. The second-order valence-corrected chi connectivity index (χ2v) is 4.15. The van der Waals surface area contributed by atoms with Crippen LogP contribution in [0, 0.1) is 11.6 Å². The highest BCUT2D eigenvalue weighted by atomic mass is 19.1. The van der Waals surface area contributed by atoms with Gasteiger partial charge in [-0.3, -0.25) is 0 Å². The average molecular weight is 295 g/mol. The van der Waals surface area contributed by atoms with E-state index in [4.69, 9.17) is 10.5 Å². The van der Waals surface area contributed by atoms with E-state index >= 15 is 0 Å². The Balaban J connectivity index is 2.20. The summed E-state index contributed by atoms with van der Waals surface area (Å²) >= 11 is 0. The Bertz CT molecular complexity index is 624. The van der Waals surface area contributed by atoms with Crippen molar-refractivity contribution in [2.45, 2.75) is 0 Å². The zero-order valence-electron chi connectivity index (χ0n) is 11.4. The Kier molecular flexibility index (Phi) is 4.83. The summed E-state index contributed by atoms with van der Waals surface area (Å²) in [6.07, 6.45) is 1.27. The van der Waals surface area contributed by atoms with E-state index in [0.717, 1.165) is 18.2 Å². The molecular formula is C13H15F2N5O. The van der Waals surface area contributed by atoms with E-state index in [1.165, 1.54) is 6.33 Å². The Morgan fingerprint density at radius 3 is 2.76 bits per heavy atom. The molecule has 2 aromatic rings. The number of nitrogen functional groups attached to an aromatic ring is 1. The summed E-state index contributed by atoms with van der Waals surface area (Å²) in [5.41, 5.74) is 6.05. The molecule has 0 saturated carbocycles. The number of anilines is 4. The van der Waals surface area contributed by atoms with Crippen LogP contribution in [-0.4, -0.2) is 30.2 Å². The molecule has 0 spiro atoms. The summed E-state index contributed by atoms with van der Waals surface area (Å²) in [6, 6.07) is 3.07. The van der Waals surface area contributed by atoms with E-state index in [1.807, 2.05) is 0 Å². The number of hydrogen-bond donors (Lipinski definition) is 3. The van der Waals surface area contributed by atoms with Crippen molar-refractivity contribution in [3.8, 4) is 0 Å². The Morgan fingerprint density at radius 1 is 1.24 bits per heavy atom. The van der Waals surface area contributed by atoms with E-state index in [1.54, 1.807) is 7.11 Å². The first kappa shape index (κ1) is 14.9. The van der Waals surface area contributed by atoms with Crippen molar-refractivity contribution < 1.29 is 13.5 Å². The lowest BCUT2D eigenvalue weighted by Crippen LogP contribution is -2.12. The molecule has 0 saturated heterocycles. The fourth-order valence-electron chi connectivity index (χ4n) is 1.63. The third-order valence-corrected chi connectivity index (χ3v) is 2.66. The predicted molar refractivity (Wildman–Crippen MR) is 76.5 cm³/mol. The molecule has 0 aliphatic heterocycles. The van der Waals surface area contributed by atoms with Gasteiger partial charge in [0.25, 0.3) is 0 Å². The number of benzene rings is 1. The molecule has 0 fully saturated rings. The van der Waals surface area contributed by atoms with Gasteiger partial charge >= 0.3 is 0 Å². The third-order valence-electron chi connectivity index (χ3n) is 2.66. The smallest absolute Gasteiger partial charge is 0.159 e. The van der Waals surface area contributed by atoms with Crippen LogP contribution in [0.15, 0.2) is 24.5 Å². The summed E-state index contributed by atoms with van der Waals surface area (Å²) in [4.78, 5) is 7.91. The van der Waals surface area contributed by atoms with Crippen molar-refractivity contribution in [1.29, 1.82) is 0 Å². The fourth-order valence-corrected chi connectivity index (χ4v) is 1.63. The van der Waals surface area contributed by atoms with Crippen molar-refractivity contribution in [3.63, 3.8) is 0 Å². The van der Waals surface area contributed by atoms with Crippen LogP contribution in [0.3, 0.4) is 0 Å². The van der Waals surface area contributed by atoms with Gasteiger partial charge in [0.1, 0.15) is 23.6 Å². The number of rotatable bonds is 6. The van der Waals surface area contributed by atoms with E-state index in [-0.39, 0.29) is 17.2 Å². The largest absolute Gasteiger partial charge is 0.393 e. The van der Waals surface area contributed by atoms with Gasteiger partial charge in [-0.2, -0.15) is 0 Å². The van der Waals surface area contributed by atoms with Gasteiger partial charge in [-0.25, -0.2) is 18.7 Å². The number of nitrogens with one attached hydrogen (secondary N) is 2. The van der Waals surface area contributed by atoms with Crippen molar-refractivity contribution >= 4 is 23.0 Å². The molecule has 0 amide bonds. The zero-order chi connectivity index (χ0) is 15.2. The number of nitrogens with two attached hydrogens (primary N) is 1. The van der Waals surface area contributed by atoms with Gasteiger partial charge in [0.15, 0.2) is 11.6 Å². The number of methoxy groups -OCH3 is 1. The summed E-state index contributed by atoms with van der Waals surface area (Å²) in [7, 11) is 1.57. The highest BCUT2D eigenvalue weighted by Crippen LogP contribution is 2.27. The van der Waals surface area contributed by atoms with Crippen molar-refractivity contribution in [2.75, 3.05) is 36.6 Å². The van der Waals surface area contributed by atoms with Gasteiger partial charge in [-0.15, -0.1) is 0 Å². The quantitative estimate of drug-likeness (QED) is 0.708. The molecule has 0 atom stereocenters. The zero-order valence-corrected chi connectivity index (χ0v) is 11.4. The molecule has 0 bridgehead atoms. The number of halogens is 2. The lowest BCUT2D eigenvalue weighted by atomic mass is 10.3. The minimum Gasteiger partial charge on any atom is -0.393 e. The molecule has 112 valence electrons. The normalized spacial score (nSPS) is 10.4. The molecule has 6 nitrogen and oxygen atoms in total. The maximum Gasteiger partial charge on any atom is 0.159 e. The van der Waals surface area contributed by atoms with Gasteiger partial charge in [-0.1, -0.05) is 0 Å². The van der Waals surface area contributed by atoms with Crippen LogP contribution >= 0.6 is 0 Å². The number of nitrogens with zero attached hydrogens (tertiary/aromatic N) is 2. The standard InChI is InChI=1S/C13H15F2N5O/c1-21-5-4-17-12-11(16)13(19-7-18-12)20-10-6-8(14)2-3-9(10)15/h2-3,6-7H,4-5,16H2,1H3,(H2,17,18,19,20). The number of hydrogen-bond acceptors (Lipinski definition) is 6. The molecule has 21 heavy (non-hydrogen) atoms. The maximum absolute atomic E-state index is 13.6. The summed E-state index contributed by atoms with van der Waals surface area (Å²) in [5.74, 6) is -0.593. The van der Waals surface area contributed by atoms with Crippen LogP contribution < -0.4 is 16.4 Å². The minimum absolute atomic E-state index is 0.0526. The Morgan fingerprint density at radius 2 is 2.00 bits per heavy atom. The highest BCUT2D eigenvalue weighted by Gasteiger charge is 2.10. The fraction of sp³-hybridized carbons (Fsp3) is 0.231. The molecule has 8 heteroatoms. The lowest BCUT2D eigenvalue weighted by molar-refractivity contribution is 0.210. The van der Waals surface area contributed by atoms with Crippen molar-refractivity contribution in [1.82, 2.24) is 9.97 Å². The molecular weight excluding hydrogens is 280 g/mol. The minimum atomic E-state index is -0.608. The Hall–Kier alpha value is -2.48. The molecule has 2 rings (SSSR count). The van der Waals surface area contributed by atoms with E-state index in [9.17, 15) is 8.78 Å². The molecule has 0 aliphatic rings. The molecule has 0 unspecified atom stereocenters.